The zero-order valence-corrected chi connectivity index (χ0v) is 16.5. The van der Waals surface area contributed by atoms with E-state index in [1.54, 1.807) is 0 Å². The van der Waals surface area contributed by atoms with Crippen LogP contribution in [0.3, 0.4) is 0 Å². The van der Waals surface area contributed by atoms with Crippen molar-refractivity contribution in [3.05, 3.63) is 67.8 Å². The van der Waals surface area contributed by atoms with Crippen LogP contribution < -0.4 is 4.90 Å². The van der Waals surface area contributed by atoms with Crippen molar-refractivity contribution >= 4 is 44.0 Å². The summed E-state index contributed by atoms with van der Waals surface area (Å²) in [5.74, 6) is -2.01. The smallest absolute Gasteiger partial charge is 0.277 e. The van der Waals surface area contributed by atoms with E-state index < -0.39 is 38.8 Å². The predicted molar refractivity (Wildman–Crippen MR) is 107 cm³/mol. The molecule has 3 aromatic rings. The largest absolute Gasteiger partial charge is 0.345 e. The van der Waals surface area contributed by atoms with Crippen molar-refractivity contribution in [1.29, 1.82) is 0 Å². The monoisotopic (exact) mass is 449 g/mol. The highest BCUT2D eigenvalue weighted by atomic mass is 32.1. The third-order valence-electron chi connectivity index (χ3n) is 4.81. The average molecular weight is 449 g/mol. The highest BCUT2D eigenvalue weighted by Crippen LogP contribution is 2.32. The van der Waals surface area contributed by atoms with E-state index in [1.165, 1.54) is 11.0 Å². The maximum absolute atomic E-state index is 13.9. The van der Waals surface area contributed by atoms with Gasteiger partial charge in [0.25, 0.3) is 17.3 Å². The van der Waals surface area contributed by atoms with Gasteiger partial charge in [0, 0.05) is 44.4 Å². The Hall–Kier alpha value is -3.74. The Morgan fingerprint density at radius 2 is 1.58 bits per heavy atom. The van der Waals surface area contributed by atoms with Crippen molar-refractivity contribution in [3.8, 4) is 0 Å². The van der Waals surface area contributed by atoms with E-state index in [2.05, 4.69) is 4.98 Å². The molecule has 0 N–H and O–H groups in total. The lowest BCUT2D eigenvalue weighted by molar-refractivity contribution is -0.394. The van der Waals surface area contributed by atoms with Crippen LogP contribution in [0.15, 0.2) is 30.3 Å². The van der Waals surface area contributed by atoms with E-state index in [1.807, 2.05) is 4.90 Å². The van der Waals surface area contributed by atoms with Crippen LogP contribution in [0.5, 0.6) is 0 Å². The first-order valence-electron chi connectivity index (χ1n) is 8.96. The van der Waals surface area contributed by atoms with Crippen LogP contribution in [0.4, 0.5) is 25.3 Å². The highest BCUT2D eigenvalue weighted by Gasteiger charge is 2.27. The van der Waals surface area contributed by atoms with Gasteiger partial charge in [0.15, 0.2) is 10.9 Å². The molecule has 0 atom stereocenters. The molecule has 1 fully saturated rings. The normalized spacial score (nSPS) is 14.1. The predicted octanol–water partition coefficient (Wildman–Crippen LogP) is 3.35. The lowest BCUT2D eigenvalue weighted by atomic mass is 10.1. The van der Waals surface area contributed by atoms with Crippen molar-refractivity contribution in [2.24, 2.45) is 0 Å². The third kappa shape index (κ3) is 3.99. The number of carbonyl (C=O) groups is 1. The van der Waals surface area contributed by atoms with E-state index >= 15 is 0 Å². The Kier molecular flexibility index (Phi) is 5.19. The molecule has 2 aromatic carbocycles. The average Bonchev–Trinajstić information content (AvgIpc) is 3.17. The van der Waals surface area contributed by atoms with Gasteiger partial charge in [-0.25, -0.2) is 13.8 Å². The van der Waals surface area contributed by atoms with Crippen molar-refractivity contribution in [3.63, 3.8) is 0 Å². The number of rotatable bonds is 4. The van der Waals surface area contributed by atoms with E-state index in [4.69, 9.17) is 0 Å². The number of hydrogen-bond acceptors (Lipinski definition) is 8. The number of nitro benzene ring substituents is 2. The molecule has 160 valence electrons. The molecule has 0 radical (unpaired) electrons. The van der Waals surface area contributed by atoms with Crippen molar-refractivity contribution in [2.75, 3.05) is 31.1 Å². The number of halogens is 2. The summed E-state index contributed by atoms with van der Waals surface area (Å²) in [5.41, 5.74) is -1.16. The molecule has 10 nitrogen and oxygen atoms in total. The van der Waals surface area contributed by atoms with E-state index in [0.29, 0.717) is 22.9 Å². The molecule has 0 saturated carbocycles. The topological polar surface area (TPSA) is 123 Å². The fourth-order valence-electron chi connectivity index (χ4n) is 3.29. The van der Waals surface area contributed by atoms with Crippen LogP contribution in [0, 0.1) is 31.9 Å². The summed E-state index contributed by atoms with van der Waals surface area (Å²) >= 11 is 1.13. The molecule has 4 rings (SSSR count). The molecule has 31 heavy (non-hydrogen) atoms. The second-order valence-corrected chi connectivity index (χ2v) is 7.77. The van der Waals surface area contributed by atoms with Gasteiger partial charge in [-0.15, -0.1) is 0 Å². The van der Waals surface area contributed by atoms with Crippen LogP contribution in [0.2, 0.25) is 0 Å². The second kappa shape index (κ2) is 7.83. The van der Waals surface area contributed by atoms with E-state index in [-0.39, 0.29) is 24.2 Å². The number of nitrogens with zero attached hydrogens (tertiary/aromatic N) is 5. The van der Waals surface area contributed by atoms with Gasteiger partial charge in [0.2, 0.25) is 0 Å². The molecule has 1 aliphatic heterocycles. The van der Waals surface area contributed by atoms with Gasteiger partial charge >= 0.3 is 0 Å². The van der Waals surface area contributed by atoms with E-state index in [9.17, 15) is 33.8 Å². The molecule has 0 bridgehead atoms. The lowest BCUT2D eigenvalue weighted by Gasteiger charge is -2.34. The van der Waals surface area contributed by atoms with Crippen LogP contribution in [0.25, 0.3) is 10.2 Å². The number of non-ortho nitro benzene ring substituents is 2. The molecule has 2 heterocycles. The second-order valence-electron chi connectivity index (χ2n) is 6.76. The number of fused-ring (bicyclic) bond motifs is 1. The molecule has 0 aliphatic carbocycles. The number of amides is 1. The first-order chi connectivity index (χ1) is 14.7. The van der Waals surface area contributed by atoms with Gasteiger partial charge in [-0.2, -0.15) is 0 Å². The maximum atomic E-state index is 13.9. The maximum Gasteiger partial charge on any atom is 0.277 e. The summed E-state index contributed by atoms with van der Waals surface area (Å²) in [6.45, 7) is 1.13. The van der Waals surface area contributed by atoms with Crippen LogP contribution in [-0.4, -0.2) is 51.8 Å². The van der Waals surface area contributed by atoms with Crippen molar-refractivity contribution < 1.29 is 23.4 Å². The Morgan fingerprint density at radius 3 is 2.16 bits per heavy atom. The number of carbonyl (C=O) groups excluding carboxylic acids is 1. The standard InChI is InChI=1S/C18H13F2N5O5S/c19-11-7-14(20)16-15(8-11)31-18(21-16)23-3-1-22(2-4-23)17(26)10-5-12(24(27)28)9-13(6-10)25(29)30/h5-9H,1-4H2. The summed E-state index contributed by atoms with van der Waals surface area (Å²) in [6, 6.07) is 4.78. The summed E-state index contributed by atoms with van der Waals surface area (Å²) < 4.78 is 27.7. The van der Waals surface area contributed by atoms with Crippen molar-refractivity contribution in [2.45, 2.75) is 0 Å². The Labute approximate surface area is 176 Å². The molecule has 1 amide bonds. The minimum Gasteiger partial charge on any atom is -0.345 e. The van der Waals surface area contributed by atoms with Gasteiger partial charge in [0.05, 0.1) is 26.2 Å². The third-order valence-corrected chi connectivity index (χ3v) is 5.87. The first kappa shape index (κ1) is 20.5. The minimum atomic E-state index is -0.795. The van der Waals surface area contributed by atoms with Gasteiger partial charge in [0.1, 0.15) is 11.3 Å². The Morgan fingerprint density at radius 1 is 0.968 bits per heavy atom. The number of hydrogen-bond donors (Lipinski definition) is 0. The molecular formula is C18H13F2N5O5S. The van der Waals surface area contributed by atoms with Crippen LogP contribution in [-0.2, 0) is 0 Å². The van der Waals surface area contributed by atoms with Gasteiger partial charge in [-0.1, -0.05) is 11.3 Å². The summed E-state index contributed by atoms with van der Waals surface area (Å²) in [4.78, 5) is 40.7. The Balaban J connectivity index is 1.51. The zero-order chi connectivity index (χ0) is 22.3. The summed E-state index contributed by atoms with van der Waals surface area (Å²) in [7, 11) is 0. The quantitative estimate of drug-likeness (QED) is 0.442. The van der Waals surface area contributed by atoms with Gasteiger partial charge in [-0.05, 0) is 6.07 Å². The summed E-state index contributed by atoms with van der Waals surface area (Å²) in [5, 5.41) is 22.6. The summed E-state index contributed by atoms with van der Waals surface area (Å²) in [6.07, 6.45) is 0. The van der Waals surface area contributed by atoms with Gasteiger partial charge < -0.3 is 9.80 Å². The fraction of sp³-hybridized carbons (Fsp3) is 0.222. The number of aromatic nitrogens is 1. The minimum absolute atomic E-state index is 0.0730. The number of thiazole rings is 1. The van der Waals surface area contributed by atoms with E-state index in [0.717, 1.165) is 35.6 Å². The number of benzene rings is 2. The molecule has 1 aromatic heterocycles. The number of anilines is 1. The molecule has 1 aliphatic rings. The number of piperazine rings is 1. The molecule has 0 unspecified atom stereocenters. The SMILES string of the molecule is O=C(c1cc([N+](=O)[O-])cc([N+](=O)[O-])c1)N1CCN(c2nc3c(F)cc(F)cc3s2)CC1. The fourth-order valence-corrected chi connectivity index (χ4v) is 4.35. The first-order valence-corrected chi connectivity index (χ1v) is 9.78. The van der Waals surface area contributed by atoms with Gasteiger partial charge in [-0.3, -0.25) is 25.0 Å². The molecule has 0 spiro atoms. The lowest BCUT2D eigenvalue weighted by Crippen LogP contribution is -2.48. The molecular weight excluding hydrogens is 436 g/mol. The van der Waals surface area contributed by atoms with Crippen LogP contribution >= 0.6 is 11.3 Å². The van der Waals surface area contributed by atoms with Crippen LogP contribution in [0.1, 0.15) is 10.4 Å². The highest BCUT2D eigenvalue weighted by molar-refractivity contribution is 7.22. The molecule has 1 saturated heterocycles. The molecule has 13 heteroatoms. The number of nitro groups is 2. The Bertz CT molecular complexity index is 1190. The zero-order valence-electron chi connectivity index (χ0n) is 15.7. The van der Waals surface area contributed by atoms with Crippen molar-refractivity contribution in [1.82, 2.24) is 9.88 Å².